The molecule has 6 heteroatoms. The fraction of sp³-hybridized carbons (Fsp3) is 0.167. The molecule has 0 unspecified atom stereocenters. The Morgan fingerprint density at radius 3 is 2.21 bits per heavy atom. The number of fused-ring (bicyclic) bond motifs is 1. The zero-order valence-electron chi connectivity index (χ0n) is 13.5. The van der Waals surface area contributed by atoms with Crippen molar-refractivity contribution < 1.29 is 19.1 Å². The van der Waals surface area contributed by atoms with Crippen LogP contribution in [0.3, 0.4) is 0 Å². The lowest BCUT2D eigenvalue weighted by Gasteiger charge is -2.17. The molecule has 0 saturated carbocycles. The number of ketones is 2. The number of para-hydroxylation sites is 1. The van der Waals surface area contributed by atoms with Gasteiger partial charge in [-0.05, 0) is 26.0 Å². The zero-order chi connectivity index (χ0) is 17.6. The van der Waals surface area contributed by atoms with Crippen LogP contribution in [0.25, 0.3) is 5.69 Å². The molecule has 1 aliphatic rings. The fourth-order valence-corrected chi connectivity index (χ4v) is 2.89. The van der Waals surface area contributed by atoms with Crippen LogP contribution < -0.4 is 5.73 Å². The molecule has 6 nitrogen and oxygen atoms in total. The molecule has 1 aromatic carbocycles. The number of Topliss-reactive ketones (excluding diaryl/α,β-unsaturated/α-hetero) is 2. The van der Waals surface area contributed by atoms with Gasteiger partial charge in [0.05, 0.1) is 12.7 Å². The number of aromatic nitrogens is 1. The monoisotopic (exact) mass is 324 g/mol. The number of esters is 1. The lowest BCUT2D eigenvalue weighted by Crippen LogP contribution is -2.22. The Kier molecular flexibility index (Phi) is 3.60. The summed E-state index contributed by atoms with van der Waals surface area (Å²) in [6.45, 7) is 3.16. The molecule has 2 N–H and O–H groups in total. The molecule has 0 aliphatic heterocycles. The molecule has 122 valence electrons. The van der Waals surface area contributed by atoms with Crippen molar-refractivity contribution in [2.75, 3.05) is 12.8 Å². The molecular formula is C18H16N2O4. The summed E-state index contributed by atoms with van der Waals surface area (Å²) < 4.78 is 6.21. The molecule has 1 heterocycles. The Morgan fingerprint density at radius 1 is 1.04 bits per heavy atom. The van der Waals surface area contributed by atoms with Crippen molar-refractivity contribution >= 4 is 23.4 Å². The van der Waals surface area contributed by atoms with Crippen LogP contribution in [-0.4, -0.2) is 29.2 Å². The number of nitrogen functional groups attached to an aromatic ring is 1. The molecule has 0 saturated heterocycles. The minimum atomic E-state index is -0.744. The Morgan fingerprint density at radius 2 is 1.62 bits per heavy atom. The molecule has 0 fully saturated rings. The molecule has 0 radical (unpaired) electrons. The number of carbonyl (C=O) groups is 3. The molecule has 24 heavy (non-hydrogen) atoms. The first-order chi connectivity index (χ1) is 11.4. The summed E-state index contributed by atoms with van der Waals surface area (Å²) in [6.07, 6.45) is 0. The Labute approximate surface area is 138 Å². The van der Waals surface area contributed by atoms with Gasteiger partial charge in [-0.15, -0.1) is 0 Å². The van der Waals surface area contributed by atoms with Crippen LogP contribution in [-0.2, 0) is 4.74 Å². The summed E-state index contributed by atoms with van der Waals surface area (Å²) in [5, 5.41) is 0. The second-order valence-corrected chi connectivity index (χ2v) is 5.55. The Bertz CT molecular complexity index is 920. The van der Waals surface area contributed by atoms with E-state index < -0.39 is 5.97 Å². The minimum Gasteiger partial charge on any atom is -0.465 e. The summed E-state index contributed by atoms with van der Waals surface area (Å²) in [5.41, 5.74) is 7.44. The van der Waals surface area contributed by atoms with Crippen LogP contribution in [0.4, 0.5) is 5.82 Å². The van der Waals surface area contributed by atoms with Gasteiger partial charge in [-0.2, -0.15) is 0 Å². The highest BCUT2D eigenvalue weighted by Gasteiger charge is 2.39. The number of methoxy groups -OCH3 is 1. The topological polar surface area (TPSA) is 91.4 Å². The van der Waals surface area contributed by atoms with E-state index in [4.69, 9.17) is 10.5 Å². The molecule has 3 rings (SSSR count). The Hall–Kier alpha value is -3.15. The first kappa shape index (κ1) is 15.7. The number of anilines is 1. The molecule has 0 amide bonds. The maximum Gasteiger partial charge on any atom is 0.342 e. The van der Waals surface area contributed by atoms with Gasteiger partial charge < -0.3 is 10.5 Å². The summed E-state index contributed by atoms with van der Waals surface area (Å²) >= 11 is 0. The summed E-state index contributed by atoms with van der Waals surface area (Å²) in [6, 6.07) is 8.87. The van der Waals surface area contributed by atoms with E-state index in [0.29, 0.717) is 16.8 Å². The van der Waals surface area contributed by atoms with E-state index in [2.05, 4.69) is 0 Å². The number of carbonyl (C=O) groups excluding carboxylic acids is 3. The van der Waals surface area contributed by atoms with Gasteiger partial charge in [-0.3, -0.25) is 14.2 Å². The average Bonchev–Trinajstić information content (AvgIpc) is 2.91. The number of ether oxygens (including phenoxy) is 1. The number of hydrogen-bond donors (Lipinski definition) is 1. The molecule has 1 aromatic heterocycles. The number of hydrogen-bond acceptors (Lipinski definition) is 5. The largest absolute Gasteiger partial charge is 0.465 e. The van der Waals surface area contributed by atoms with Crippen molar-refractivity contribution in [1.29, 1.82) is 0 Å². The lowest BCUT2D eigenvalue weighted by molar-refractivity contribution is 0.0599. The van der Waals surface area contributed by atoms with E-state index >= 15 is 0 Å². The normalized spacial score (nSPS) is 14.0. The van der Waals surface area contributed by atoms with Gasteiger partial charge in [-0.25, -0.2) is 4.79 Å². The maximum atomic E-state index is 12.8. The van der Waals surface area contributed by atoms with Gasteiger partial charge in [0, 0.05) is 16.8 Å². The fourth-order valence-electron chi connectivity index (χ4n) is 2.89. The van der Waals surface area contributed by atoms with Crippen LogP contribution in [0.5, 0.6) is 0 Å². The third kappa shape index (κ3) is 2.00. The predicted molar refractivity (Wildman–Crippen MR) is 88.6 cm³/mol. The molecule has 0 bridgehead atoms. The lowest BCUT2D eigenvalue weighted by atomic mass is 9.87. The van der Waals surface area contributed by atoms with E-state index in [1.807, 2.05) is 6.07 Å². The van der Waals surface area contributed by atoms with Gasteiger partial charge in [0.1, 0.15) is 17.1 Å². The summed E-state index contributed by atoms with van der Waals surface area (Å²) in [7, 11) is 1.21. The van der Waals surface area contributed by atoms with Crippen molar-refractivity contribution in [3.05, 3.63) is 58.3 Å². The van der Waals surface area contributed by atoms with E-state index in [0.717, 1.165) is 0 Å². The van der Waals surface area contributed by atoms with Crippen LogP contribution in [0, 0.1) is 0 Å². The molecule has 1 aliphatic carbocycles. The van der Waals surface area contributed by atoms with Crippen molar-refractivity contribution in [1.82, 2.24) is 4.57 Å². The third-order valence-corrected chi connectivity index (χ3v) is 4.30. The van der Waals surface area contributed by atoms with Crippen molar-refractivity contribution in [3.8, 4) is 5.69 Å². The molecule has 0 spiro atoms. The van der Waals surface area contributed by atoms with E-state index in [-0.39, 0.29) is 34.2 Å². The number of benzene rings is 1. The van der Waals surface area contributed by atoms with Gasteiger partial charge in [0.25, 0.3) is 0 Å². The van der Waals surface area contributed by atoms with Crippen LogP contribution in [0.2, 0.25) is 0 Å². The van der Waals surface area contributed by atoms with Crippen LogP contribution >= 0.6 is 0 Å². The third-order valence-electron chi connectivity index (χ3n) is 4.30. The number of rotatable bonds is 2. The number of allylic oxidation sites excluding steroid dienone is 2. The highest BCUT2D eigenvalue weighted by Crippen LogP contribution is 2.36. The highest BCUT2D eigenvalue weighted by molar-refractivity contribution is 6.30. The van der Waals surface area contributed by atoms with Crippen molar-refractivity contribution in [2.45, 2.75) is 13.8 Å². The van der Waals surface area contributed by atoms with Gasteiger partial charge in [-0.1, -0.05) is 18.2 Å². The van der Waals surface area contributed by atoms with Crippen molar-refractivity contribution in [3.63, 3.8) is 0 Å². The SMILES string of the molecule is COC(=O)c1c2c(n(-c3ccccc3)c1N)C(=O)C(C)=C(C)C2=O. The summed E-state index contributed by atoms with van der Waals surface area (Å²) in [5.74, 6) is -1.44. The van der Waals surface area contributed by atoms with E-state index in [1.54, 1.807) is 38.1 Å². The van der Waals surface area contributed by atoms with Gasteiger partial charge in [0.2, 0.25) is 5.78 Å². The molecule has 0 atom stereocenters. The number of nitrogens with zero attached hydrogens (tertiary/aromatic N) is 1. The maximum absolute atomic E-state index is 12.8. The zero-order valence-corrected chi connectivity index (χ0v) is 13.5. The second-order valence-electron chi connectivity index (χ2n) is 5.55. The van der Waals surface area contributed by atoms with Gasteiger partial charge >= 0.3 is 5.97 Å². The summed E-state index contributed by atoms with van der Waals surface area (Å²) in [4.78, 5) is 37.7. The standard InChI is InChI=1S/C18H16N2O4/c1-9-10(2)16(22)14-12(15(9)21)13(18(23)24-3)17(19)20(14)11-7-5-4-6-8-11/h4-8H,19H2,1-3H3. The molecular weight excluding hydrogens is 308 g/mol. The smallest absolute Gasteiger partial charge is 0.342 e. The van der Waals surface area contributed by atoms with Gasteiger partial charge in [0.15, 0.2) is 5.78 Å². The quantitative estimate of drug-likeness (QED) is 0.857. The Balaban J connectivity index is 2.44. The van der Waals surface area contributed by atoms with Crippen molar-refractivity contribution in [2.24, 2.45) is 0 Å². The number of nitrogens with two attached hydrogens (primary N) is 1. The van der Waals surface area contributed by atoms with Crippen LogP contribution in [0.15, 0.2) is 41.5 Å². The first-order valence-corrected chi connectivity index (χ1v) is 7.34. The predicted octanol–water partition coefficient (Wildman–Crippen LogP) is 2.56. The highest BCUT2D eigenvalue weighted by atomic mass is 16.5. The van der Waals surface area contributed by atoms with Crippen LogP contribution in [0.1, 0.15) is 45.1 Å². The molecule has 2 aromatic rings. The van der Waals surface area contributed by atoms with E-state index in [1.165, 1.54) is 11.7 Å². The minimum absolute atomic E-state index is 0.0105. The van der Waals surface area contributed by atoms with E-state index in [9.17, 15) is 14.4 Å². The second kappa shape index (κ2) is 5.49. The average molecular weight is 324 g/mol. The first-order valence-electron chi connectivity index (χ1n) is 7.34.